The van der Waals surface area contributed by atoms with Crippen molar-refractivity contribution in [3.05, 3.63) is 58.7 Å². The van der Waals surface area contributed by atoms with Crippen LogP contribution in [0.15, 0.2) is 41.4 Å². The van der Waals surface area contributed by atoms with E-state index in [0.29, 0.717) is 35.2 Å². The average Bonchev–Trinajstić information content (AvgIpc) is 2.83. The van der Waals surface area contributed by atoms with Crippen LogP contribution in [0.25, 0.3) is 0 Å². The summed E-state index contributed by atoms with van der Waals surface area (Å²) in [7, 11) is 1.64. The van der Waals surface area contributed by atoms with Gasteiger partial charge in [-0.1, -0.05) is 23.3 Å². The van der Waals surface area contributed by atoms with Gasteiger partial charge < -0.3 is 18.9 Å². The third-order valence-electron chi connectivity index (χ3n) is 6.81. The second-order valence-electron chi connectivity index (χ2n) is 9.75. The molecule has 2 aliphatic heterocycles. The molecule has 2 aliphatic rings. The van der Waals surface area contributed by atoms with E-state index in [9.17, 15) is 9.35 Å². The predicted octanol–water partition coefficient (Wildman–Crippen LogP) is 4.81. The first kappa shape index (κ1) is 25.6. The van der Waals surface area contributed by atoms with Gasteiger partial charge in [-0.25, -0.2) is 0 Å². The van der Waals surface area contributed by atoms with Gasteiger partial charge in [0.15, 0.2) is 11.5 Å². The number of carbonyl (C=O) groups is 1. The van der Waals surface area contributed by atoms with Gasteiger partial charge in [-0.15, -0.1) is 0 Å². The minimum atomic E-state index is -0.843. The van der Waals surface area contributed by atoms with E-state index in [1.807, 2.05) is 75.9 Å². The third-order valence-corrected chi connectivity index (χ3v) is 8.23. The van der Waals surface area contributed by atoms with Crippen molar-refractivity contribution in [3.8, 4) is 11.5 Å². The Hall–Kier alpha value is -2.51. The topological polar surface area (TPSA) is 74.2 Å². The minimum Gasteiger partial charge on any atom is -0.616 e. The molecule has 0 radical (unpaired) electrons. The van der Waals surface area contributed by atoms with Crippen molar-refractivity contribution in [1.82, 2.24) is 4.90 Å². The molecule has 3 atom stereocenters. The van der Waals surface area contributed by atoms with Gasteiger partial charge in [-0.05, 0) is 64.4 Å². The molecular weight excluding hydrogens is 460 g/mol. The number of methoxy groups -OCH3 is 1. The molecule has 0 saturated carbocycles. The highest BCUT2D eigenvalue weighted by atomic mass is 32.2. The van der Waals surface area contributed by atoms with Crippen molar-refractivity contribution in [2.24, 2.45) is 4.99 Å². The highest BCUT2D eigenvalue weighted by Crippen LogP contribution is 2.43. The maximum absolute atomic E-state index is 13.2. The minimum absolute atomic E-state index is 0.0328. The molecule has 6 nitrogen and oxygen atoms in total. The Morgan fingerprint density at radius 1 is 1.14 bits per heavy atom. The van der Waals surface area contributed by atoms with Gasteiger partial charge in [-0.3, -0.25) is 9.79 Å². The van der Waals surface area contributed by atoms with E-state index in [2.05, 4.69) is 0 Å². The molecule has 7 heteroatoms. The molecule has 4 rings (SSSR count). The van der Waals surface area contributed by atoms with Crippen LogP contribution >= 0.6 is 0 Å². The van der Waals surface area contributed by atoms with Crippen LogP contribution in [0.4, 0.5) is 0 Å². The molecule has 0 aromatic heterocycles. The van der Waals surface area contributed by atoms with E-state index in [4.69, 9.17) is 14.5 Å². The van der Waals surface area contributed by atoms with Crippen LogP contribution in [0.1, 0.15) is 74.0 Å². The molecule has 1 saturated heterocycles. The summed E-state index contributed by atoms with van der Waals surface area (Å²) in [6.07, 6.45) is 0.796. The van der Waals surface area contributed by atoms with Gasteiger partial charge in [0.1, 0.15) is 11.5 Å². The lowest BCUT2D eigenvalue weighted by molar-refractivity contribution is 0.0643. The van der Waals surface area contributed by atoms with Crippen molar-refractivity contribution in [1.29, 1.82) is 0 Å². The maximum Gasteiger partial charge on any atom is 0.254 e. The van der Waals surface area contributed by atoms with Crippen LogP contribution in [0.3, 0.4) is 0 Å². The zero-order valence-electron chi connectivity index (χ0n) is 21.5. The Kier molecular flexibility index (Phi) is 7.77. The van der Waals surface area contributed by atoms with Crippen LogP contribution in [-0.2, 0) is 11.2 Å². The zero-order chi connectivity index (χ0) is 25.3. The highest BCUT2D eigenvalue weighted by Gasteiger charge is 2.39. The molecule has 0 aliphatic carbocycles. The van der Waals surface area contributed by atoms with Gasteiger partial charge >= 0.3 is 0 Å². The second kappa shape index (κ2) is 10.6. The van der Waals surface area contributed by atoms with E-state index in [-0.39, 0.29) is 30.0 Å². The average molecular weight is 497 g/mol. The van der Waals surface area contributed by atoms with Crippen molar-refractivity contribution in [2.75, 3.05) is 25.2 Å². The molecule has 0 N–H and O–H groups in total. The molecule has 35 heavy (non-hydrogen) atoms. The first-order valence-electron chi connectivity index (χ1n) is 12.5. The standard InChI is InChI=1S/C28H36N2O4S/c1-7-34-26-14-21-22(15-25(26)33-6)27(29-24-12-13-35(32)16-23(21)24)19-8-10-20(11-9-19)28(31)30(17(2)3)18(4)5/h8-11,14-15,17-18,23-24H,7,12-13,16H2,1-6H3/t23-,24-,35?/m1/s1. The fourth-order valence-electron chi connectivity index (χ4n) is 5.27. The van der Waals surface area contributed by atoms with Crippen molar-refractivity contribution >= 4 is 22.8 Å². The first-order valence-corrected chi connectivity index (χ1v) is 13.9. The first-order chi connectivity index (χ1) is 16.7. The molecule has 188 valence electrons. The van der Waals surface area contributed by atoms with E-state index >= 15 is 0 Å². The summed E-state index contributed by atoms with van der Waals surface area (Å²) in [4.78, 5) is 20.2. The largest absolute Gasteiger partial charge is 0.616 e. The lowest BCUT2D eigenvalue weighted by Crippen LogP contribution is -2.42. The number of hydrogen-bond donors (Lipinski definition) is 0. The Balaban J connectivity index is 1.75. The van der Waals surface area contributed by atoms with Gasteiger partial charge in [0, 0.05) is 35.2 Å². The molecule has 1 unspecified atom stereocenters. The number of fused-ring (bicyclic) bond motifs is 3. The fourth-order valence-corrected chi connectivity index (χ4v) is 6.74. The second-order valence-corrected chi connectivity index (χ2v) is 11.4. The van der Waals surface area contributed by atoms with E-state index in [0.717, 1.165) is 28.8 Å². The monoisotopic (exact) mass is 496 g/mol. The summed E-state index contributed by atoms with van der Waals surface area (Å²) in [5.74, 6) is 2.78. The van der Waals surface area contributed by atoms with Crippen LogP contribution in [0.5, 0.6) is 11.5 Å². The lowest BCUT2D eigenvalue weighted by Gasteiger charge is -2.36. The quantitative estimate of drug-likeness (QED) is 0.516. The van der Waals surface area contributed by atoms with Gasteiger partial charge in [0.25, 0.3) is 5.91 Å². The summed E-state index contributed by atoms with van der Waals surface area (Å²) >= 11 is -0.843. The number of carbonyl (C=O) groups excluding carboxylic acids is 1. The fraction of sp³-hybridized carbons (Fsp3) is 0.500. The smallest absolute Gasteiger partial charge is 0.254 e. The van der Waals surface area contributed by atoms with Crippen LogP contribution in [0.2, 0.25) is 0 Å². The Bertz CT molecular complexity index is 1090. The van der Waals surface area contributed by atoms with Crippen molar-refractivity contribution in [2.45, 2.75) is 65.1 Å². The summed E-state index contributed by atoms with van der Waals surface area (Å²) in [5, 5.41) is 0. The van der Waals surface area contributed by atoms with Crippen molar-refractivity contribution in [3.63, 3.8) is 0 Å². The normalized spacial score (nSPS) is 21.3. The van der Waals surface area contributed by atoms with E-state index in [1.54, 1.807) is 7.11 Å². The SMILES string of the molecule is CCOc1cc2c(cc1OC)C(c1ccc(C(=O)N(C(C)C)C(C)C)cc1)=N[C@@H]1CC[S+]([O-])C[C@H]21. The predicted molar refractivity (Wildman–Crippen MR) is 142 cm³/mol. The van der Waals surface area contributed by atoms with Gasteiger partial charge in [-0.2, -0.15) is 0 Å². The number of aliphatic imine (C=N–C) groups is 1. The van der Waals surface area contributed by atoms with Gasteiger partial charge in [0.2, 0.25) is 0 Å². The van der Waals surface area contributed by atoms with Crippen molar-refractivity contribution < 1.29 is 18.8 Å². The van der Waals surface area contributed by atoms with Crippen LogP contribution < -0.4 is 9.47 Å². The van der Waals surface area contributed by atoms with Crippen LogP contribution in [-0.4, -0.2) is 64.4 Å². The van der Waals surface area contributed by atoms with Crippen LogP contribution in [0, 0.1) is 0 Å². The molecular formula is C28H36N2O4S. The maximum atomic E-state index is 13.2. The lowest BCUT2D eigenvalue weighted by atomic mass is 9.81. The molecule has 2 heterocycles. The van der Waals surface area contributed by atoms with Gasteiger partial charge in [0.05, 0.1) is 31.4 Å². The Morgan fingerprint density at radius 2 is 1.83 bits per heavy atom. The third kappa shape index (κ3) is 5.07. The molecule has 0 bridgehead atoms. The molecule has 0 spiro atoms. The van der Waals surface area contributed by atoms with E-state index in [1.165, 1.54) is 0 Å². The number of ether oxygens (including phenoxy) is 2. The molecule has 1 fully saturated rings. The summed E-state index contributed by atoms with van der Waals surface area (Å²) in [5.41, 5.74) is 4.61. The molecule has 2 aromatic carbocycles. The van der Waals surface area contributed by atoms with E-state index < -0.39 is 11.2 Å². The number of hydrogen-bond acceptors (Lipinski definition) is 5. The summed E-state index contributed by atoms with van der Waals surface area (Å²) < 4.78 is 23.9. The Morgan fingerprint density at radius 3 is 2.43 bits per heavy atom. The number of benzene rings is 2. The molecule has 1 amide bonds. The number of amides is 1. The Labute approximate surface area is 211 Å². The zero-order valence-corrected chi connectivity index (χ0v) is 22.4. The molecule has 2 aromatic rings. The highest BCUT2D eigenvalue weighted by molar-refractivity contribution is 7.91. The number of rotatable bonds is 7. The summed E-state index contributed by atoms with van der Waals surface area (Å²) in [6.45, 7) is 10.6. The summed E-state index contributed by atoms with van der Waals surface area (Å²) in [6, 6.07) is 12.1. The number of nitrogens with zero attached hydrogens (tertiary/aromatic N) is 2.